The van der Waals surface area contributed by atoms with E-state index >= 15 is 0 Å². The van der Waals surface area contributed by atoms with Gasteiger partial charge in [-0.1, -0.05) is 24.3 Å². The molecule has 8 atom stereocenters. The van der Waals surface area contributed by atoms with Gasteiger partial charge in [0.05, 0.1) is 30.5 Å². The number of amides is 2. The minimum Gasteiger partial charge on any atom is -0.456 e. The lowest BCUT2D eigenvalue weighted by Gasteiger charge is -2.31. The second-order valence-electron chi connectivity index (χ2n) is 13.7. The van der Waals surface area contributed by atoms with Crippen molar-refractivity contribution in [2.45, 2.75) is 107 Å². The highest BCUT2D eigenvalue weighted by atomic mass is 16.8. The van der Waals surface area contributed by atoms with E-state index in [-0.39, 0.29) is 37.0 Å². The third-order valence-corrected chi connectivity index (χ3v) is 10.2. The molecule has 0 aromatic heterocycles. The van der Waals surface area contributed by atoms with E-state index < -0.39 is 54.0 Å². The van der Waals surface area contributed by atoms with Gasteiger partial charge in [-0.25, -0.2) is 4.79 Å². The molecule has 11 nitrogen and oxygen atoms in total. The summed E-state index contributed by atoms with van der Waals surface area (Å²) in [4.78, 5) is 39.5. The Balaban J connectivity index is 1.05. The molecule has 2 heterocycles. The molecule has 11 heteroatoms. The third kappa shape index (κ3) is 6.66. The Bertz CT molecular complexity index is 1370. The van der Waals surface area contributed by atoms with Gasteiger partial charge in [-0.15, -0.1) is 0 Å². The largest absolute Gasteiger partial charge is 0.456 e. The predicted octanol–water partition coefficient (Wildman–Crippen LogP) is 2.40. The Labute approximate surface area is 268 Å². The van der Waals surface area contributed by atoms with Crippen LogP contribution in [-0.4, -0.2) is 89.6 Å². The number of nitrogens with one attached hydrogen (secondary N) is 2. The van der Waals surface area contributed by atoms with E-state index in [1.165, 1.54) is 6.92 Å². The maximum absolute atomic E-state index is 13.5. The molecule has 46 heavy (non-hydrogen) atoms. The Hall–Kier alpha value is -3.09. The predicted molar refractivity (Wildman–Crippen MR) is 165 cm³/mol. The second-order valence-corrected chi connectivity index (χ2v) is 13.7. The lowest BCUT2D eigenvalue weighted by molar-refractivity contribution is -0.209. The summed E-state index contributed by atoms with van der Waals surface area (Å²) in [5.41, 5.74) is 1.68. The van der Waals surface area contributed by atoms with Gasteiger partial charge >= 0.3 is 5.97 Å². The summed E-state index contributed by atoms with van der Waals surface area (Å²) in [6.45, 7) is 1.12. The van der Waals surface area contributed by atoms with Crippen molar-refractivity contribution in [1.82, 2.24) is 10.6 Å². The Morgan fingerprint density at radius 1 is 1.04 bits per heavy atom. The Morgan fingerprint density at radius 3 is 2.43 bits per heavy atom. The van der Waals surface area contributed by atoms with Crippen LogP contribution < -0.4 is 10.6 Å². The van der Waals surface area contributed by atoms with Crippen LogP contribution in [0.5, 0.6) is 0 Å². The maximum Gasteiger partial charge on any atom is 0.338 e. The molecule has 3 saturated carbocycles. The van der Waals surface area contributed by atoms with Crippen molar-refractivity contribution in [3.63, 3.8) is 0 Å². The first-order valence-electron chi connectivity index (χ1n) is 16.8. The highest BCUT2D eigenvalue weighted by Gasteiger charge is 2.64. The van der Waals surface area contributed by atoms with Gasteiger partial charge in [-0.05, 0) is 81.6 Å². The molecule has 0 bridgehead atoms. The van der Waals surface area contributed by atoms with Crippen molar-refractivity contribution in [1.29, 1.82) is 0 Å². The monoisotopic (exact) mass is 636 g/mol. The second kappa shape index (κ2) is 12.8. The van der Waals surface area contributed by atoms with Gasteiger partial charge in [0, 0.05) is 30.4 Å². The van der Waals surface area contributed by atoms with Crippen LogP contribution in [0.2, 0.25) is 0 Å². The number of aliphatic hydroxyl groups is 2. The molecule has 1 aromatic rings. The number of epoxide rings is 1. The van der Waals surface area contributed by atoms with Crippen LogP contribution in [0.3, 0.4) is 0 Å². The number of carbonyl (C=O) groups is 3. The summed E-state index contributed by atoms with van der Waals surface area (Å²) in [6.07, 6.45) is 11.2. The van der Waals surface area contributed by atoms with E-state index in [4.69, 9.17) is 24.1 Å². The van der Waals surface area contributed by atoms with Crippen molar-refractivity contribution in [3.8, 4) is 0 Å². The summed E-state index contributed by atoms with van der Waals surface area (Å²) >= 11 is 0. The summed E-state index contributed by atoms with van der Waals surface area (Å²) in [5, 5.41) is 24.4. The number of carbonyl (C=O) groups excluding carboxylic acids is 3. The van der Waals surface area contributed by atoms with Gasteiger partial charge in [-0.2, -0.15) is 0 Å². The van der Waals surface area contributed by atoms with E-state index in [9.17, 15) is 19.5 Å². The third-order valence-electron chi connectivity index (χ3n) is 10.2. The fraction of sp³-hybridized carbons (Fsp3) is 0.629. The van der Waals surface area contributed by atoms with Crippen LogP contribution in [-0.2, 0) is 28.5 Å². The van der Waals surface area contributed by atoms with E-state index in [0.29, 0.717) is 23.7 Å². The molecular formula is C35H44N2O9. The van der Waals surface area contributed by atoms with Gasteiger partial charge in [-0.3, -0.25) is 9.59 Å². The molecule has 5 fully saturated rings. The molecular weight excluding hydrogens is 592 g/mol. The van der Waals surface area contributed by atoms with Crippen LogP contribution in [0.4, 0.5) is 0 Å². The van der Waals surface area contributed by atoms with E-state index in [1.54, 1.807) is 18.2 Å². The molecule has 248 valence electrons. The van der Waals surface area contributed by atoms with Gasteiger partial charge in [0.25, 0.3) is 0 Å². The first-order chi connectivity index (χ1) is 22.2. The Kier molecular flexibility index (Phi) is 8.79. The average molecular weight is 637 g/mol. The average Bonchev–Trinajstić information content (AvgIpc) is 3.92. The quantitative estimate of drug-likeness (QED) is 0.200. The molecule has 2 saturated heterocycles. The zero-order chi connectivity index (χ0) is 32.0. The van der Waals surface area contributed by atoms with Crippen molar-refractivity contribution in [2.75, 3.05) is 13.2 Å². The van der Waals surface area contributed by atoms with Crippen molar-refractivity contribution in [3.05, 3.63) is 53.1 Å². The van der Waals surface area contributed by atoms with Gasteiger partial charge in [0.1, 0.15) is 24.4 Å². The molecule has 0 spiro atoms. The van der Waals surface area contributed by atoms with E-state index in [0.717, 1.165) is 50.5 Å². The molecule has 6 aliphatic rings. The number of rotatable bonds is 12. The summed E-state index contributed by atoms with van der Waals surface area (Å²) in [7, 11) is 0. The van der Waals surface area contributed by atoms with E-state index in [2.05, 4.69) is 22.8 Å². The number of aliphatic hydroxyl groups excluding tert-OH is 2. The molecule has 4 N–H and O–H groups in total. The SMILES string of the molecule is CC(O)C(NC(=O)C1=CC2OC(C3CC3)(C3CC3)OC2C(OC(=O)c2ccc(C=CC3CCC4OC4C3)cc2)C1)C(=O)NCCO. The molecule has 8 unspecified atom stereocenters. The zero-order valence-corrected chi connectivity index (χ0v) is 26.1. The highest BCUT2D eigenvalue weighted by Crippen LogP contribution is 2.59. The number of hydrogen-bond acceptors (Lipinski definition) is 9. The normalized spacial score (nSPS) is 32.5. The number of hydrogen-bond donors (Lipinski definition) is 4. The lowest BCUT2D eigenvalue weighted by atomic mass is 9.89. The summed E-state index contributed by atoms with van der Waals surface area (Å²) in [6, 6.07) is 6.05. The number of esters is 1. The van der Waals surface area contributed by atoms with Crippen LogP contribution in [0, 0.1) is 17.8 Å². The molecule has 2 aliphatic heterocycles. The fourth-order valence-corrected chi connectivity index (χ4v) is 7.29. The first-order valence-corrected chi connectivity index (χ1v) is 16.8. The smallest absolute Gasteiger partial charge is 0.338 e. The molecule has 2 amide bonds. The fourth-order valence-electron chi connectivity index (χ4n) is 7.29. The number of benzene rings is 1. The summed E-state index contributed by atoms with van der Waals surface area (Å²) < 4.78 is 25.0. The van der Waals surface area contributed by atoms with Crippen LogP contribution in [0.1, 0.15) is 74.2 Å². The standard InChI is InChI=1S/C35H44N2O9/c1-19(39)30(33(41)36-14-15-38)37-32(40)23-17-28(31-29(18-23)45-35(46-31,24-9-10-24)25-11-12-25)44-34(42)22-7-4-20(5-8-22)2-3-21-6-13-26-27(16-21)43-26/h2-5,7-8,18-19,21,24-31,38-39H,6,9-17H2,1H3,(H,36,41)(H,37,40). The highest BCUT2D eigenvalue weighted by molar-refractivity contribution is 5.97. The van der Waals surface area contributed by atoms with Crippen LogP contribution >= 0.6 is 0 Å². The Morgan fingerprint density at radius 2 is 1.78 bits per heavy atom. The van der Waals surface area contributed by atoms with Crippen LogP contribution in [0.25, 0.3) is 6.08 Å². The zero-order valence-electron chi connectivity index (χ0n) is 26.1. The van der Waals surface area contributed by atoms with Gasteiger partial charge < -0.3 is 39.8 Å². The molecule has 7 rings (SSSR count). The van der Waals surface area contributed by atoms with Crippen molar-refractivity contribution in [2.24, 2.45) is 17.8 Å². The topological polar surface area (TPSA) is 156 Å². The molecule has 4 aliphatic carbocycles. The minimum absolute atomic E-state index is 0.00793. The van der Waals surface area contributed by atoms with Crippen molar-refractivity contribution >= 4 is 23.9 Å². The number of ether oxygens (including phenoxy) is 4. The lowest BCUT2D eigenvalue weighted by Crippen LogP contribution is -2.54. The van der Waals surface area contributed by atoms with Gasteiger partial charge in [0.15, 0.2) is 5.79 Å². The van der Waals surface area contributed by atoms with Crippen LogP contribution in [0.15, 0.2) is 42.0 Å². The molecule has 1 aromatic carbocycles. The minimum atomic E-state index is -1.24. The van der Waals surface area contributed by atoms with E-state index in [1.807, 2.05) is 12.1 Å². The van der Waals surface area contributed by atoms with Crippen molar-refractivity contribution < 1.29 is 43.5 Å². The summed E-state index contributed by atoms with van der Waals surface area (Å²) in [5.74, 6) is -1.39. The number of allylic oxidation sites excluding steroid dienone is 1. The van der Waals surface area contributed by atoms with Gasteiger partial charge in [0.2, 0.25) is 11.8 Å². The number of fused-ring (bicyclic) bond motifs is 2. The maximum atomic E-state index is 13.5. The first kappa shape index (κ1) is 31.5. The molecule has 0 radical (unpaired) electrons.